The van der Waals surface area contributed by atoms with E-state index in [1.165, 1.54) is 24.4 Å². The first kappa shape index (κ1) is 19.6. The van der Waals surface area contributed by atoms with Crippen LogP contribution in [0.25, 0.3) is 6.08 Å². The van der Waals surface area contributed by atoms with Crippen LogP contribution in [0.5, 0.6) is 0 Å². The van der Waals surface area contributed by atoms with Crippen LogP contribution in [-0.4, -0.2) is 23.0 Å². The fourth-order valence-electron chi connectivity index (χ4n) is 2.39. The van der Waals surface area contributed by atoms with Crippen molar-refractivity contribution in [3.63, 3.8) is 0 Å². The number of aromatic nitrogens is 1. The summed E-state index contributed by atoms with van der Waals surface area (Å²) in [5.41, 5.74) is 7.99. The number of carbonyl (C=O) groups is 2. The van der Waals surface area contributed by atoms with Crippen molar-refractivity contribution >= 4 is 35.5 Å². The van der Waals surface area contributed by atoms with Crippen LogP contribution >= 0.6 is 0 Å². The molecular formula is C22H17FN4O2. The van der Waals surface area contributed by atoms with Crippen LogP contribution in [0, 0.1) is 5.82 Å². The molecule has 0 fully saturated rings. The molecule has 0 saturated heterocycles. The van der Waals surface area contributed by atoms with E-state index in [1.54, 1.807) is 48.8 Å². The molecule has 0 aliphatic rings. The average Bonchev–Trinajstić information content (AvgIpc) is 2.74. The summed E-state index contributed by atoms with van der Waals surface area (Å²) in [6, 6.07) is 13.8. The monoisotopic (exact) mass is 388 g/mol. The fourth-order valence-corrected chi connectivity index (χ4v) is 2.39. The minimum absolute atomic E-state index is 0.139. The number of rotatable bonds is 5. The van der Waals surface area contributed by atoms with Crippen molar-refractivity contribution in [3.8, 4) is 0 Å². The Morgan fingerprint density at radius 2 is 1.86 bits per heavy atom. The summed E-state index contributed by atoms with van der Waals surface area (Å²) in [4.78, 5) is 31.9. The topological polar surface area (TPSA) is 97.4 Å². The molecule has 3 rings (SSSR count). The maximum atomic E-state index is 13.1. The van der Waals surface area contributed by atoms with Gasteiger partial charge in [0.05, 0.1) is 11.4 Å². The third-order valence-electron chi connectivity index (χ3n) is 3.88. The lowest BCUT2D eigenvalue weighted by atomic mass is 10.1. The second-order valence-corrected chi connectivity index (χ2v) is 6.02. The van der Waals surface area contributed by atoms with E-state index >= 15 is 0 Å². The number of pyridine rings is 1. The maximum absolute atomic E-state index is 13.1. The van der Waals surface area contributed by atoms with Crippen molar-refractivity contribution < 1.29 is 14.0 Å². The number of hydrogen-bond acceptors (Lipinski definition) is 4. The predicted molar refractivity (Wildman–Crippen MR) is 111 cm³/mol. The first-order valence-corrected chi connectivity index (χ1v) is 8.64. The molecule has 6 nitrogen and oxygen atoms in total. The van der Waals surface area contributed by atoms with E-state index in [4.69, 9.17) is 5.73 Å². The number of carbonyl (C=O) groups excluding carboxylic acids is 2. The lowest BCUT2D eigenvalue weighted by molar-refractivity contribution is -0.113. The van der Waals surface area contributed by atoms with Gasteiger partial charge in [0, 0.05) is 30.2 Å². The van der Waals surface area contributed by atoms with E-state index in [-0.39, 0.29) is 11.6 Å². The SMILES string of the molecule is Nc1cc(F)ccc1NC(=O)c1ccc(C=NC(=O)/C=C/c2cccnc2)cc1. The zero-order valence-corrected chi connectivity index (χ0v) is 15.2. The molecule has 0 aliphatic heterocycles. The summed E-state index contributed by atoms with van der Waals surface area (Å²) < 4.78 is 13.1. The van der Waals surface area contributed by atoms with Crippen LogP contribution < -0.4 is 11.1 Å². The van der Waals surface area contributed by atoms with Crippen molar-refractivity contribution in [1.29, 1.82) is 0 Å². The molecule has 3 N–H and O–H groups in total. The molecule has 0 spiro atoms. The van der Waals surface area contributed by atoms with Gasteiger partial charge in [0.25, 0.3) is 11.8 Å². The summed E-state index contributed by atoms with van der Waals surface area (Å²) in [6.45, 7) is 0. The molecule has 0 saturated carbocycles. The number of nitrogens with two attached hydrogens (primary N) is 1. The normalized spacial score (nSPS) is 11.1. The molecule has 7 heteroatoms. The van der Waals surface area contributed by atoms with Crippen molar-refractivity contribution in [2.75, 3.05) is 11.1 Å². The van der Waals surface area contributed by atoms with Gasteiger partial charge in [0.15, 0.2) is 0 Å². The number of nitrogens with one attached hydrogen (secondary N) is 1. The largest absolute Gasteiger partial charge is 0.397 e. The molecule has 0 unspecified atom stereocenters. The Kier molecular flexibility index (Phi) is 6.22. The standard InChI is InChI=1S/C22H17FN4O2/c23-18-8-9-20(19(24)12-18)27-22(29)17-6-3-16(4-7-17)14-26-21(28)10-5-15-2-1-11-25-13-15/h1-14H,24H2,(H,27,29)/b10-5+,26-14?. The first-order valence-electron chi connectivity index (χ1n) is 8.64. The van der Waals surface area contributed by atoms with E-state index in [2.05, 4.69) is 15.3 Å². The van der Waals surface area contributed by atoms with E-state index in [0.29, 0.717) is 16.8 Å². The van der Waals surface area contributed by atoms with E-state index in [1.807, 2.05) is 6.07 Å². The number of aliphatic imine (C=N–C) groups is 1. The molecule has 2 aromatic carbocycles. The van der Waals surface area contributed by atoms with Gasteiger partial charge in [-0.2, -0.15) is 0 Å². The fraction of sp³-hybridized carbons (Fsp3) is 0. The molecule has 144 valence electrons. The zero-order valence-electron chi connectivity index (χ0n) is 15.2. The van der Waals surface area contributed by atoms with Gasteiger partial charge in [0.1, 0.15) is 5.82 Å². The number of anilines is 2. The molecule has 0 aliphatic carbocycles. The zero-order chi connectivity index (χ0) is 20.6. The lowest BCUT2D eigenvalue weighted by Crippen LogP contribution is -2.13. The van der Waals surface area contributed by atoms with Crippen molar-refractivity contribution in [1.82, 2.24) is 4.98 Å². The highest BCUT2D eigenvalue weighted by molar-refractivity contribution is 6.06. The average molecular weight is 388 g/mol. The van der Waals surface area contributed by atoms with Crippen LogP contribution in [0.3, 0.4) is 0 Å². The van der Waals surface area contributed by atoms with Crippen LogP contribution in [0.15, 0.2) is 78.1 Å². The minimum atomic E-state index is -0.478. The summed E-state index contributed by atoms with van der Waals surface area (Å²) in [6.07, 6.45) is 7.67. The minimum Gasteiger partial charge on any atom is -0.397 e. The number of hydrogen-bond donors (Lipinski definition) is 2. The van der Waals surface area contributed by atoms with Gasteiger partial charge in [-0.15, -0.1) is 0 Å². The highest BCUT2D eigenvalue weighted by atomic mass is 19.1. The second kappa shape index (κ2) is 9.18. The van der Waals surface area contributed by atoms with E-state index in [9.17, 15) is 14.0 Å². The summed E-state index contributed by atoms with van der Waals surface area (Å²) in [5, 5.41) is 2.62. The smallest absolute Gasteiger partial charge is 0.269 e. The third-order valence-corrected chi connectivity index (χ3v) is 3.88. The number of halogens is 1. The number of benzene rings is 2. The second-order valence-electron chi connectivity index (χ2n) is 6.02. The van der Waals surface area contributed by atoms with Crippen LogP contribution in [0.2, 0.25) is 0 Å². The Morgan fingerprint density at radius 1 is 1.07 bits per heavy atom. The van der Waals surface area contributed by atoms with Crippen molar-refractivity contribution in [2.45, 2.75) is 0 Å². The Hall–Kier alpha value is -4.13. The Balaban J connectivity index is 1.60. The molecule has 0 bridgehead atoms. The molecule has 0 atom stereocenters. The molecule has 1 heterocycles. The Bertz CT molecular complexity index is 1080. The van der Waals surface area contributed by atoms with Crippen molar-refractivity contribution in [2.24, 2.45) is 4.99 Å². The maximum Gasteiger partial charge on any atom is 0.269 e. The molecular weight excluding hydrogens is 371 g/mol. The highest BCUT2D eigenvalue weighted by Gasteiger charge is 2.08. The number of nitrogen functional groups attached to an aromatic ring is 1. The Morgan fingerprint density at radius 3 is 2.55 bits per heavy atom. The highest BCUT2D eigenvalue weighted by Crippen LogP contribution is 2.20. The van der Waals surface area contributed by atoms with Crippen LogP contribution in [-0.2, 0) is 4.79 Å². The van der Waals surface area contributed by atoms with Gasteiger partial charge in [-0.05, 0) is 53.6 Å². The third kappa shape index (κ3) is 5.67. The van der Waals surface area contributed by atoms with Gasteiger partial charge >= 0.3 is 0 Å². The summed E-state index contributed by atoms with van der Waals surface area (Å²) in [5.74, 6) is -1.28. The molecule has 29 heavy (non-hydrogen) atoms. The molecule has 0 radical (unpaired) electrons. The van der Waals surface area contributed by atoms with Gasteiger partial charge in [0.2, 0.25) is 0 Å². The van der Waals surface area contributed by atoms with Gasteiger partial charge in [-0.3, -0.25) is 14.6 Å². The number of nitrogens with zero attached hydrogens (tertiary/aromatic N) is 2. The molecule has 2 amide bonds. The van der Waals surface area contributed by atoms with E-state index in [0.717, 1.165) is 11.6 Å². The summed E-state index contributed by atoms with van der Waals surface area (Å²) >= 11 is 0. The Labute approximate surface area is 166 Å². The predicted octanol–water partition coefficient (Wildman–Crippen LogP) is 3.71. The quantitative estimate of drug-likeness (QED) is 0.395. The van der Waals surface area contributed by atoms with Crippen LogP contribution in [0.1, 0.15) is 21.5 Å². The molecule has 1 aromatic heterocycles. The summed E-state index contributed by atoms with van der Waals surface area (Å²) in [7, 11) is 0. The number of amides is 2. The van der Waals surface area contributed by atoms with Crippen LogP contribution in [0.4, 0.5) is 15.8 Å². The lowest BCUT2D eigenvalue weighted by Gasteiger charge is -2.08. The van der Waals surface area contributed by atoms with E-state index < -0.39 is 11.7 Å². The van der Waals surface area contributed by atoms with Gasteiger partial charge < -0.3 is 11.1 Å². The van der Waals surface area contributed by atoms with Gasteiger partial charge in [-0.25, -0.2) is 9.38 Å². The van der Waals surface area contributed by atoms with Gasteiger partial charge in [-0.1, -0.05) is 18.2 Å². The van der Waals surface area contributed by atoms with Crippen molar-refractivity contribution in [3.05, 3.63) is 95.6 Å². The molecule has 3 aromatic rings. The first-order chi connectivity index (χ1) is 14.0.